The number of methoxy groups -OCH3 is 1. The van der Waals surface area contributed by atoms with Crippen LogP contribution < -0.4 is 10.2 Å². The van der Waals surface area contributed by atoms with Crippen LogP contribution in [0.1, 0.15) is 23.1 Å². The number of aryl methyl sites for hydroxylation is 1. The number of nitrogens with zero attached hydrogens (tertiary/aromatic N) is 1. The minimum atomic E-state index is -0.552. The van der Waals surface area contributed by atoms with Crippen molar-refractivity contribution in [1.29, 1.82) is 0 Å². The Morgan fingerprint density at radius 1 is 1.06 bits per heavy atom. The molecule has 1 N–H and O–H groups in total. The van der Waals surface area contributed by atoms with E-state index in [9.17, 15) is 9.59 Å². The van der Waals surface area contributed by atoms with Crippen molar-refractivity contribution in [3.05, 3.63) is 59.2 Å². The normalized spacial score (nSPS) is 10.5. The highest BCUT2D eigenvalue weighted by Gasteiger charge is 2.15. The molecule has 0 saturated heterocycles. The Labute approximate surface area is 193 Å². The van der Waals surface area contributed by atoms with E-state index in [-0.39, 0.29) is 19.0 Å². The lowest BCUT2D eigenvalue weighted by Crippen LogP contribution is -2.28. The Kier molecular flexibility index (Phi) is 10.5. The lowest BCUT2D eigenvalue weighted by atomic mass is 10.0. The third-order valence-electron chi connectivity index (χ3n) is 4.85. The highest BCUT2D eigenvalue weighted by atomic mass is 35.5. The van der Waals surface area contributed by atoms with Crippen LogP contribution in [0.3, 0.4) is 0 Å². The van der Waals surface area contributed by atoms with Gasteiger partial charge in [0.2, 0.25) is 0 Å². The topological polar surface area (TPSA) is 67.9 Å². The zero-order chi connectivity index (χ0) is 22.6. The van der Waals surface area contributed by atoms with Crippen LogP contribution in [0, 0.1) is 6.92 Å². The molecule has 0 heterocycles. The van der Waals surface area contributed by atoms with Gasteiger partial charge in [-0.05, 0) is 42.2 Å². The minimum absolute atomic E-state index is 0.172. The van der Waals surface area contributed by atoms with Gasteiger partial charge >= 0.3 is 12.1 Å². The van der Waals surface area contributed by atoms with Crippen LogP contribution in [0.25, 0.3) is 0 Å². The average molecular weight is 467 g/mol. The van der Waals surface area contributed by atoms with Crippen molar-refractivity contribution in [2.24, 2.45) is 0 Å². The van der Waals surface area contributed by atoms with Crippen molar-refractivity contribution < 1.29 is 19.1 Å². The number of halogens is 2. The number of alkyl halides is 2. The molecule has 2 aromatic rings. The molecule has 0 saturated carbocycles. The maximum atomic E-state index is 12.4. The van der Waals surface area contributed by atoms with Gasteiger partial charge in [-0.1, -0.05) is 30.3 Å². The maximum absolute atomic E-state index is 12.4. The first kappa shape index (κ1) is 24.8. The van der Waals surface area contributed by atoms with Gasteiger partial charge in [-0.3, -0.25) is 10.1 Å². The molecule has 8 heteroatoms. The molecule has 0 aliphatic carbocycles. The van der Waals surface area contributed by atoms with Crippen molar-refractivity contribution in [2.75, 3.05) is 42.2 Å². The van der Waals surface area contributed by atoms with Crippen LogP contribution in [0.2, 0.25) is 0 Å². The van der Waals surface area contributed by atoms with E-state index in [1.807, 2.05) is 54.3 Å². The van der Waals surface area contributed by atoms with Crippen molar-refractivity contribution in [2.45, 2.75) is 26.4 Å². The number of hydrogen-bond donors (Lipinski definition) is 1. The van der Waals surface area contributed by atoms with Crippen LogP contribution in [-0.4, -0.2) is 44.0 Å². The molecule has 0 bridgehead atoms. The van der Waals surface area contributed by atoms with Gasteiger partial charge in [0.1, 0.15) is 6.61 Å². The van der Waals surface area contributed by atoms with Crippen LogP contribution in [0.5, 0.6) is 0 Å². The highest BCUT2D eigenvalue weighted by molar-refractivity contribution is 6.18. The number of carbonyl (C=O) groups is 2. The van der Waals surface area contributed by atoms with Gasteiger partial charge in [-0.15, -0.1) is 23.2 Å². The first-order valence-corrected chi connectivity index (χ1v) is 11.1. The first-order valence-electron chi connectivity index (χ1n) is 10.0. The predicted octanol–water partition coefficient (Wildman–Crippen LogP) is 5.13. The summed E-state index contributed by atoms with van der Waals surface area (Å²) in [6.07, 6.45) is 0.170. The van der Waals surface area contributed by atoms with Crippen LogP contribution in [0.4, 0.5) is 16.2 Å². The summed E-state index contributed by atoms with van der Waals surface area (Å²) >= 11 is 11.9. The highest BCUT2D eigenvalue weighted by Crippen LogP contribution is 2.29. The summed E-state index contributed by atoms with van der Waals surface area (Å²) in [6, 6.07) is 13.3. The predicted molar refractivity (Wildman–Crippen MR) is 125 cm³/mol. The molecule has 168 valence electrons. The fraction of sp³-hybridized carbons (Fsp3) is 0.391. The smallest absolute Gasteiger partial charge is 0.411 e. The summed E-state index contributed by atoms with van der Waals surface area (Å²) in [5, 5.41) is 2.83. The van der Waals surface area contributed by atoms with Gasteiger partial charge in [-0.2, -0.15) is 0 Å². The van der Waals surface area contributed by atoms with Crippen molar-refractivity contribution in [1.82, 2.24) is 0 Å². The standard InChI is InChI=1S/C23H28Cl2N2O4/c1-17-19(8-9-22(28)30-2)14-20(27(12-10-24)13-11-25)15-21(17)26-23(29)31-16-18-6-4-3-5-7-18/h3-7,14-15H,8-13,16H2,1-2H3,(H,26,29). The summed E-state index contributed by atoms with van der Waals surface area (Å²) in [6.45, 7) is 3.28. The average Bonchev–Trinajstić information content (AvgIpc) is 2.78. The quantitative estimate of drug-likeness (QED) is 0.367. The third kappa shape index (κ3) is 7.96. The molecule has 0 spiro atoms. The second-order valence-electron chi connectivity index (χ2n) is 6.91. The molecule has 31 heavy (non-hydrogen) atoms. The Morgan fingerprint density at radius 2 is 1.74 bits per heavy atom. The van der Waals surface area contributed by atoms with Crippen LogP contribution in [-0.2, 0) is 27.3 Å². The van der Waals surface area contributed by atoms with Crippen molar-refractivity contribution >= 4 is 46.6 Å². The van der Waals surface area contributed by atoms with E-state index in [4.69, 9.17) is 32.7 Å². The number of hydrogen-bond acceptors (Lipinski definition) is 5. The fourth-order valence-corrected chi connectivity index (χ4v) is 3.52. The van der Waals surface area contributed by atoms with Gasteiger partial charge in [-0.25, -0.2) is 4.79 Å². The Bertz CT molecular complexity index is 856. The number of nitrogens with one attached hydrogen (secondary N) is 1. The Morgan fingerprint density at radius 3 is 2.35 bits per heavy atom. The molecule has 0 unspecified atom stereocenters. The molecule has 0 fully saturated rings. The van der Waals surface area contributed by atoms with Crippen LogP contribution in [0.15, 0.2) is 42.5 Å². The summed E-state index contributed by atoms with van der Waals surface area (Å²) in [5.74, 6) is 0.578. The molecule has 0 aromatic heterocycles. The largest absolute Gasteiger partial charge is 0.469 e. The second kappa shape index (κ2) is 13.1. The molecular formula is C23H28Cl2N2O4. The number of carbonyl (C=O) groups excluding carboxylic acids is 2. The van der Waals surface area contributed by atoms with Crippen LogP contribution >= 0.6 is 23.2 Å². The van der Waals surface area contributed by atoms with Gasteiger partial charge in [0.25, 0.3) is 0 Å². The van der Waals surface area contributed by atoms with E-state index in [2.05, 4.69) is 5.32 Å². The second-order valence-corrected chi connectivity index (χ2v) is 7.66. The molecule has 1 amide bonds. The van der Waals surface area contributed by atoms with E-state index in [0.29, 0.717) is 37.0 Å². The maximum Gasteiger partial charge on any atom is 0.411 e. The van der Waals surface area contributed by atoms with Gasteiger partial charge < -0.3 is 14.4 Å². The monoisotopic (exact) mass is 466 g/mol. The van der Waals surface area contributed by atoms with Crippen molar-refractivity contribution in [3.63, 3.8) is 0 Å². The molecule has 2 aromatic carbocycles. The SMILES string of the molecule is COC(=O)CCc1cc(N(CCCl)CCCl)cc(NC(=O)OCc2ccccc2)c1C. The summed E-state index contributed by atoms with van der Waals surface area (Å²) in [7, 11) is 1.37. The van der Waals surface area contributed by atoms with E-state index in [1.54, 1.807) is 0 Å². The number of anilines is 2. The van der Waals surface area contributed by atoms with Crippen molar-refractivity contribution in [3.8, 4) is 0 Å². The molecule has 0 atom stereocenters. The Balaban J connectivity index is 2.24. The minimum Gasteiger partial charge on any atom is -0.469 e. The zero-order valence-corrected chi connectivity index (χ0v) is 19.3. The van der Waals surface area contributed by atoms with Gasteiger partial charge in [0, 0.05) is 42.6 Å². The van der Waals surface area contributed by atoms with E-state index in [0.717, 1.165) is 22.4 Å². The lowest BCUT2D eigenvalue weighted by Gasteiger charge is -2.25. The van der Waals surface area contributed by atoms with E-state index < -0.39 is 6.09 Å². The third-order valence-corrected chi connectivity index (χ3v) is 5.19. The zero-order valence-electron chi connectivity index (χ0n) is 17.8. The number of amides is 1. The number of esters is 1. The van der Waals surface area contributed by atoms with Gasteiger partial charge in [0.05, 0.1) is 7.11 Å². The molecule has 0 radical (unpaired) electrons. The molecule has 6 nitrogen and oxygen atoms in total. The Hall–Kier alpha value is -2.44. The number of ether oxygens (including phenoxy) is 2. The molecule has 0 aliphatic rings. The first-order chi connectivity index (χ1) is 15.0. The molecular weight excluding hydrogens is 439 g/mol. The van der Waals surface area contributed by atoms with Gasteiger partial charge in [0.15, 0.2) is 0 Å². The lowest BCUT2D eigenvalue weighted by molar-refractivity contribution is -0.140. The van der Waals surface area contributed by atoms with E-state index >= 15 is 0 Å². The van der Waals surface area contributed by atoms with E-state index in [1.165, 1.54) is 7.11 Å². The molecule has 0 aliphatic heterocycles. The summed E-state index contributed by atoms with van der Waals surface area (Å²) < 4.78 is 10.1. The molecule has 2 rings (SSSR count). The summed E-state index contributed by atoms with van der Waals surface area (Å²) in [5.41, 5.74) is 4.17. The number of rotatable bonds is 11. The fourth-order valence-electron chi connectivity index (χ4n) is 3.11. The summed E-state index contributed by atoms with van der Waals surface area (Å²) in [4.78, 5) is 26.1. The number of benzene rings is 2.